The molecule has 4 aromatic rings. The molecule has 3 unspecified atom stereocenters. The molecule has 254 valence electrons. The fourth-order valence-electron chi connectivity index (χ4n) is 7.18. The van der Waals surface area contributed by atoms with E-state index in [4.69, 9.17) is 9.47 Å². The average Bonchev–Trinajstić information content (AvgIpc) is 3.46. The van der Waals surface area contributed by atoms with Crippen LogP contribution in [0.15, 0.2) is 109 Å². The van der Waals surface area contributed by atoms with Gasteiger partial charge in [-0.2, -0.15) is 0 Å². The number of amides is 3. The van der Waals surface area contributed by atoms with Gasteiger partial charge in [-0.3, -0.25) is 4.79 Å². The molecule has 0 saturated carbocycles. The summed E-state index contributed by atoms with van der Waals surface area (Å²) in [5, 5.41) is 18.5. The molecule has 10 nitrogen and oxygen atoms in total. The molecule has 0 aromatic heterocycles. The van der Waals surface area contributed by atoms with Crippen LogP contribution in [0, 0.1) is 0 Å². The Morgan fingerprint density at radius 1 is 0.857 bits per heavy atom. The standard InChI is InChI=1S/C39H43N5O5/c45-26-29-14-16-30(17-15-29)35-23-34(25-43-20-18-39(19-21-43)37(46)41-27-44(39)33-12-5-2-6-13-33)48-36(49-35)31-10-7-11-32(22-31)42-38(47)40-24-28-8-3-1-4-9-28/h1-17,22,34-36,45H,18-21,23-27H2,(H,41,46)(H2,40,42,47). The number of carbonyl (C=O) groups excluding carboxylic acids is 2. The molecule has 3 heterocycles. The predicted molar refractivity (Wildman–Crippen MR) is 187 cm³/mol. The van der Waals surface area contributed by atoms with Gasteiger partial charge in [0.25, 0.3) is 0 Å². The van der Waals surface area contributed by atoms with E-state index >= 15 is 0 Å². The molecular weight excluding hydrogens is 618 g/mol. The van der Waals surface area contributed by atoms with E-state index in [1.54, 1.807) is 0 Å². The van der Waals surface area contributed by atoms with Crippen LogP contribution >= 0.6 is 0 Å². The lowest BCUT2D eigenvalue weighted by Gasteiger charge is -2.45. The van der Waals surface area contributed by atoms with Crippen molar-refractivity contribution in [3.63, 3.8) is 0 Å². The number of urea groups is 1. The second-order valence-electron chi connectivity index (χ2n) is 13.0. The first-order valence-corrected chi connectivity index (χ1v) is 17.0. The molecule has 49 heavy (non-hydrogen) atoms. The molecule has 3 aliphatic rings. The number of anilines is 2. The van der Waals surface area contributed by atoms with E-state index in [0.717, 1.165) is 53.9 Å². The number of hydrogen-bond donors (Lipinski definition) is 4. The Bertz CT molecular complexity index is 1710. The van der Waals surface area contributed by atoms with E-state index in [9.17, 15) is 14.7 Å². The lowest BCUT2D eigenvalue weighted by molar-refractivity contribution is -0.253. The summed E-state index contributed by atoms with van der Waals surface area (Å²) in [5.74, 6) is 0.104. The van der Waals surface area contributed by atoms with Gasteiger partial charge in [0.2, 0.25) is 5.91 Å². The number of nitrogens with one attached hydrogen (secondary N) is 3. The minimum atomic E-state index is -0.652. The average molecular weight is 662 g/mol. The summed E-state index contributed by atoms with van der Waals surface area (Å²) in [6, 6.07) is 35.1. The van der Waals surface area contributed by atoms with Gasteiger partial charge in [0.1, 0.15) is 5.54 Å². The Hall–Kier alpha value is -4.74. The molecule has 4 N–H and O–H groups in total. The fraction of sp³-hybridized carbons (Fsp3) is 0.333. The zero-order valence-electron chi connectivity index (χ0n) is 27.5. The molecule has 3 saturated heterocycles. The number of aliphatic hydroxyl groups is 1. The van der Waals surface area contributed by atoms with Gasteiger partial charge in [0.05, 0.1) is 25.5 Å². The number of piperidine rings is 1. The minimum Gasteiger partial charge on any atom is -0.392 e. The highest BCUT2D eigenvalue weighted by atomic mass is 16.7. The molecule has 4 aromatic carbocycles. The van der Waals surface area contributed by atoms with Gasteiger partial charge in [0.15, 0.2) is 6.29 Å². The van der Waals surface area contributed by atoms with Crippen LogP contribution < -0.4 is 20.9 Å². The van der Waals surface area contributed by atoms with Crippen molar-refractivity contribution in [1.82, 2.24) is 15.5 Å². The number of aliphatic hydroxyl groups excluding tert-OH is 1. The van der Waals surface area contributed by atoms with Crippen molar-refractivity contribution in [2.45, 2.75) is 56.5 Å². The smallest absolute Gasteiger partial charge is 0.319 e. The zero-order valence-corrected chi connectivity index (χ0v) is 27.5. The number of hydrogen-bond acceptors (Lipinski definition) is 7. The van der Waals surface area contributed by atoms with Gasteiger partial charge >= 0.3 is 6.03 Å². The van der Waals surface area contributed by atoms with Crippen LogP contribution in [0.25, 0.3) is 0 Å². The molecule has 1 spiro atoms. The van der Waals surface area contributed by atoms with Crippen LogP contribution in [0.5, 0.6) is 0 Å². The maximum atomic E-state index is 13.2. The second kappa shape index (κ2) is 14.8. The first-order chi connectivity index (χ1) is 24.0. The van der Waals surface area contributed by atoms with Gasteiger partial charge in [-0.1, -0.05) is 84.9 Å². The monoisotopic (exact) mass is 661 g/mol. The lowest BCUT2D eigenvalue weighted by atomic mass is 9.85. The van der Waals surface area contributed by atoms with Gasteiger partial charge in [-0.05, 0) is 53.8 Å². The normalized spacial score (nSPS) is 22.1. The van der Waals surface area contributed by atoms with Crippen molar-refractivity contribution in [3.8, 4) is 0 Å². The Kier molecular flexibility index (Phi) is 9.90. The summed E-state index contributed by atoms with van der Waals surface area (Å²) in [4.78, 5) is 30.6. The Morgan fingerprint density at radius 3 is 2.33 bits per heavy atom. The maximum absolute atomic E-state index is 13.2. The van der Waals surface area contributed by atoms with E-state index in [1.807, 2.05) is 97.1 Å². The van der Waals surface area contributed by atoms with Crippen LogP contribution in [-0.4, -0.2) is 59.9 Å². The highest BCUT2D eigenvalue weighted by Gasteiger charge is 2.50. The molecule has 7 rings (SSSR count). The Labute approximate surface area is 287 Å². The van der Waals surface area contributed by atoms with Gasteiger partial charge < -0.3 is 40.3 Å². The Balaban J connectivity index is 1.04. The minimum absolute atomic E-state index is 0.0188. The number of likely N-dealkylation sites (tertiary alicyclic amines) is 1. The largest absolute Gasteiger partial charge is 0.392 e. The number of nitrogens with zero attached hydrogens (tertiary/aromatic N) is 2. The molecule has 0 aliphatic carbocycles. The van der Waals surface area contributed by atoms with E-state index in [2.05, 4.69) is 37.9 Å². The summed E-state index contributed by atoms with van der Waals surface area (Å²) in [5.41, 5.74) is 4.84. The molecule has 3 fully saturated rings. The van der Waals surface area contributed by atoms with Crippen LogP contribution in [-0.2, 0) is 27.4 Å². The third kappa shape index (κ3) is 7.47. The number of rotatable bonds is 9. The van der Waals surface area contributed by atoms with E-state index < -0.39 is 11.8 Å². The lowest BCUT2D eigenvalue weighted by Crippen LogP contribution is -2.57. The van der Waals surface area contributed by atoms with Crippen molar-refractivity contribution in [2.75, 3.05) is 36.5 Å². The SMILES string of the molecule is O=C(NCc1ccccc1)Nc1cccc(C2OC(CN3CCC4(CC3)C(=O)NCN4c3ccccc3)CC(c3ccc(CO)cc3)O2)c1. The summed E-state index contributed by atoms with van der Waals surface area (Å²) >= 11 is 0. The summed E-state index contributed by atoms with van der Waals surface area (Å²) in [6.07, 6.45) is 1.10. The first-order valence-electron chi connectivity index (χ1n) is 17.0. The van der Waals surface area contributed by atoms with Crippen molar-refractivity contribution in [3.05, 3.63) is 131 Å². The number of para-hydroxylation sites is 1. The molecular formula is C39H43N5O5. The van der Waals surface area contributed by atoms with Crippen molar-refractivity contribution in [2.24, 2.45) is 0 Å². The molecule has 0 radical (unpaired) electrons. The van der Waals surface area contributed by atoms with Gasteiger partial charge in [-0.25, -0.2) is 4.79 Å². The Morgan fingerprint density at radius 2 is 1.59 bits per heavy atom. The number of benzene rings is 4. The molecule has 3 amide bonds. The first kappa shape index (κ1) is 32.8. The molecule has 0 bridgehead atoms. The van der Waals surface area contributed by atoms with Crippen molar-refractivity contribution >= 4 is 23.3 Å². The van der Waals surface area contributed by atoms with E-state index in [-0.39, 0.29) is 30.8 Å². The summed E-state index contributed by atoms with van der Waals surface area (Å²) in [7, 11) is 0. The highest BCUT2D eigenvalue weighted by molar-refractivity contribution is 5.93. The van der Waals surface area contributed by atoms with E-state index in [1.165, 1.54) is 0 Å². The second-order valence-corrected chi connectivity index (χ2v) is 13.0. The van der Waals surface area contributed by atoms with Crippen LogP contribution in [0.4, 0.5) is 16.2 Å². The number of carbonyl (C=O) groups is 2. The highest BCUT2D eigenvalue weighted by Crippen LogP contribution is 2.40. The topological polar surface area (TPSA) is 115 Å². The van der Waals surface area contributed by atoms with Gasteiger partial charge in [0, 0.05) is 49.5 Å². The molecule has 3 aliphatic heterocycles. The van der Waals surface area contributed by atoms with Crippen LogP contribution in [0.1, 0.15) is 53.9 Å². The predicted octanol–water partition coefficient (Wildman–Crippen LogP) is 5.47. The quantitative estimate of drug-likeness (QED) is 0.188. The molecule has 10 heteroatoms. The fourth-order valence-corrected chi connectivity index (χ4v) is 7.18. The summed E-state index contributed by atoms with van der Waals surface area (Å²) in [6.45, 7) is 3.17. The third-order valence-electron chi connectivity index (χ3n) is 9.88. The summed E-state index contributed by atoms with van der Waals surface area (Å²) < 4.78 is 13.2. The van der Waals surface area contributed by atoms with Crippen LogP contribution in [0.3, 0.4) is 0 Å². The maximum Gasteiger partial charge on any atom is 0.319 e. The zero-order chi connectivity index (χ0) is 33.6. The third-order valence-corrected chi connectivity index (χ3v) is 9.88. The van der Waals surface area contributed by atoms with Crippen LogP contribution in [0.2, 0.25) is 0 Å². The van der Waals surface area contributed by atoms with Gasteiger partial charge in [-0.15, -0.1) is 0 Å². The molecule has 3 atom stereocenters. The van der Waals surface area contributed by atoms with E-state index in [0.29, 0.717) is 31.9 Å². The van der Waals surface area contributed by atoms with Crippen molar-refractivity contribution < 1.29 is 24.2 Å². The number of ether oxygens (including phenoxy) is 2. The van der Waals surface area contributed by atoms with Crippen molar-refractivity contribution in [1.29, 1.82) is 0 Å².